The van der Waals surface area contributed by atoms with Crippen molar-refractivity contribution in [3.8, 4) is 0 Å². The molecule has 0 saturated carbocycles. The molecule has 5 heteroatoms. The van der Waals surface area contributed by atoms with E-state index in [0.717, 1.165) is 5.69 Å². The summed E-state index contributed by atoms with van der Waals surface area (Å²) in [4.78, 5) is 0. The van der Waals surface area contributed by atoms with Crippen molar-refractivity contribution in [3.05, 3.63) is 18.0 Å². The Morgan fingerprint density at radius 1 is 1.77 bits per heavy atom. The average Bonchev–Trinajstić information content (AvgIpc) is 2.46. The number of aromatic nitrogens is 2. The van der Waals surface area contributed by atoms with Crippen LogP contribution in [0.4, 0.5) is 0 Å². The SMILES string of the molecule is Cn1nccc1C(N)C1(O)CNC1. The molecule has 0 bridgehead atoms. The van der Waals surface area contributed by atoms with E-state index in [1.807, 2.05) is 13.1 Å². The van der Waals surface area contributed by atoms with Crippen LogP contribution in [0, 0.1) is 0 Å². The Bertz CT molecular complexity index is 305. The van der Waals surface area contributed by atoms with Gasteiger partial charge < -0.3 is 16.2 Å². The van der Waals surface area contributed by atoms with Gasteiger partial charge in [0.15, 0.2) is 0 Å². The number of nitrogens with two attached hydrogens (primary N) is 1. The van der Waals surface area contributed by atoms with Gasteiger partial charge in [-0.15, -0.1) is 0 Å². The maximum absolute atomic E-state index is 9.95. The smallest absolute Gasteiger partial charge is 0.110 e. The van der Waals surface area contributed by atoms with Crippen LogP contribution in [-0.4, -0.2) is 33.6 Å². The molecule has 1 aromatic heterocycles. The predicted octanol–water partition coefficient (Wildman–Crippen LogP) is -1.25. The van der Waals surface area contributed by atoms with Crippen LogP contribution in [0.15, 0.2) is 12.3 Å². The van der Waals surface area contributed by atoms with Crippen LogP contribution in [0.25, 0.3) is 0 Å². The highest BCUT2D eigenvalue weighted by Crippen LogP contribution is 2.26. The fourth-order valence-corrected chi connectivity index (χ4v) is 1.57. The van der Waals surface area contributed by atoms with Crippen molar-refractivity contribution in [2.75, 3.05) is 13.1 Å². The Morgan fingerprint density at radius 3 is 2.85 bits per heavy atom. The van der Waals surface area contributed by atoms with Crippen LogP contribution in [0.3, 0.4) is 0 Å². The van der Waals surface area contributed by atoms with Crippen LogP contribution in [-0.2, 0) is 7.05 Å². The highest BCUT2D eigenvalue weighted by Gasteiger charge is 2.42. The number of hydrogen-bond donors (Lipinski definition) is 3. The van der Waals surface area contributed by atoms with E-state index in [4.69, 9.17) is 5.73 Å². The minimum Gasteiger partial charge on any atom is -0.385 e. The topological polar surface area (TPSA) is 76.1 Å². The van der Waals surface area contributed by atoms with Crippen molar-refractivity contribution in [2.24, 2.45) is 12.8 Å². The number of aryl methyl sites for hydroxylation is 1. The first-order valence-electron chi connectivity index (χ1n) is 4.30. The fourth-order valence-electron chi connectivity index (χ4n) is 1.57. The fraction of sp³-hybridized carbons (Fsp3) is 0.625. The zero-order valence-corrected chi connectivity index (χ0v) is 7.57. The zero-order valence-electron chi connectivity index (χ0n) is 7.57. The van der Waals surface area contributed by atoms with E-state index < -0.39 is 5.60 Å². The molecule has 0 radical (unpaired) electrons. The summed E-state index contributed by atoms with van der Waals surface area (Å²) >= 11 is 0. The van der Waals surface area contributed by atoms with Gasteiger partial charge in [-0.3, -0.25) is 4.68 Å². The molecular weight excluding hydrogens is 168 g/mol. The van der Waals surface area contributed by atoms with E-state index in [9.17, 15) is 5.11 Å². The highest BCUT2D eigenvalue weighted by molar-refractivity contribution is 5.15. The first-order chi connectivity index (χ1) is 6.13. The number of β-amino-alcohol motifs (C(OH)–C–C–N with tert-alkyl or cyclic N) is 1. The largest absolute Gasteiger partial charge is 0.385 e. The third-order valence-corrected chi connectivity index (χ3v) is 2.62. The van der Waals surface area contributed by atoms with Gasteiger partial charge in [-0.25, -0.2) is 0 Å². The maximum atomic E-state index is 9.95. The average molecular weight is 182 g/mol. The molecule has 1 atom stereocenters. The van der Waals surface area contributed by atoms with Crippen molar-refractivity contribution < 1.29 is 5.11 Å². The second-order valence-electron chi connectivity index (χ2n) is 3.56. The molecule has 1 saturated heterocycles. The molecule has 1 aliphatic heterocycles. The molecule has 72 valence electrons. The molecule has 1 fully saturated rings. The maximum Gasteiger partial charge on any atom is 0.110 e. The van der Waals surface area contributed by atoms with Crippen molar-refractivity contribution in [1.29, 1.82) is 0 Å². The van der Waals surface area contributed by atoms with Gasteiger partial charge in [-0.1, -0.05) is 0 Å². The molecule has 0 aromatic carbocycles. The van der Waals surface area contributed by atoms with Gasteiger partial charge >= 0.3 is 0 Å². The number of rotatable bonds is 2. The standard InChI is InChI=1S/C8H14N4O/c1-12-6(2-3-11-12)7(9)8(13)4-10-5-8/h2-3,7,10,13H,4-5,9H2,1H3. The van der Waals surface area contributed by atoms with Crippen LogP contribution >= 0.6 is 0 Å². The lowest BCUT2D eigenvalue weighted by molar-refractivity contribution is -0.0352. The molecule has 0 amide bonds. The lowest BCUT2D eigenvalue weighted by atomic mass is 9.87. The predicted molar refractivity (Wildman–Crippen MR) is 48.0 cm³/mol. The monoisotopic (exact) mass is 182 g/mol. The van der Waals surface area contributed by atoms with Gasteiger partial charge in [0.1, 0.15) is 5.60 Å². The Kier molecular flexibility index (Phi) is 1.87. The van der Waals surface area contributed by atoms with E-state index in [-0.39, 0.29) is 6.04 Å². The minimum absolute atomic E-state index is 0.360. The second kappa shape index (κ2) is 2.80. The summed E-state index contributed by atoms with van der Waals surface area (Å²) in [6.07, 6.45) is 1.69. The quantitative estimate of drug-likeness (QED) is 0.534. The molecule has 4 N–H and O–H groups in total. The van der Waals surface area contributed by atoms with Crippen molar-refractivity contribution >= 4 is 0 Å². The summed E-state index contributed by atoms with van der Waals surface area (Å²) in [7, 11) is 1.82. The molecule has 1 aromatic rings. The van der Waals surface area contributed by atoms with Crippen molar-refractivity contribution in [2.45, 2.75) is 11.6 Å². The van der Waals surface area contributed by atoms with Gasteiger partial charge in [-0.2, -0.15) is 5.10 Å². The van der Waals surface area contributed by atoms with E-state index in [0.29, 0.717) is 13.1 Å². The molecule has 1 aliphatic rings. The van der Waals surface area contributed by atoms with Crippen molar-refractivity contribution in [1.82, 2.24) is 15.1 Å². The van der Waals surface area contributed by atoms with E-state index in [2.05, 4.69) is 10.4 Å². The first kappa shape index (κ1) is 8.68. The minimum atomic E-state index is -0.798. The molecule has 2 heterocycles. The molecule has 2 rings (SSSR count). The lowest BCUT2D eigenvalue weighted by Crippen LogP contribution is -2.64. The molecule has 5 nitrogen and oxygen atoms in total. The van der Waals surface area contributed by atoms with Gasteiger partial charge in [0.05, 0.1) is 11.7 Å². The normalized spacial score (nSPS) is 22.4. The van der Waals surface area contributed by atoms with Gasteiger partial charge in [-0.05, 0) is 6.07 Å². The van der Waals surface area contributed by atoms with Gasteiger partial charge in [0.25, 0.3) is 0 Å². The molecule has 1 unspecified atom stereocenters. The van der Waals surface area contributed by atoms with Crippen LogP contribution in [0.2, 0.25) is 0 Å². The summed E-state index contributed by atoms with van der Waals surface area (Å²) < 4.78 is 1.70. The Morgan fingerprint density at radius 2 is 2.46 bits per heavy atom. The molecule has 0 aliphatic carbocycles. The second-order valence-corrected chi connectivity index (χ2v) is 3.56. The third kappa shape index (κ3) is 1.25. The Labute approximate surface area is 76.5 Å². The number of nitrogens with zero attached hydrogens (tertiary/aromatic N) is 2. The number of aliphatic hydroxyl groups is 1. The van der Waals surface area contributed by atoms with Gasteiger partial charge in [0, 0.05) is 26.3 Å². The Hall–Kier alpha value is -0.910. The van der Waals surface area contributed by atoms with E-state index in [1.54, 1.807) is 10.9 Å². The summed E-state index contributed by atoms with van der Waals surface area (Å²) in [5.41, 5.74) is 6.00. The third-order valence-electron chi connectivity index (χ3n) is 2.62. The molecule has 13 heavy (non-hydrogen) atoms. The zero-order chi connectivity index (χ0) is 9.47. The number of nitrogens with one attached hydrogen (secondary N) is 1. The highest BCUT2D eigenvalue weighted by atomic mass is 16.3. The Balaban J connectivity index is 2.22. The van der Waals surface area contributed by atoms with Crippen LogP contribution < -0.4 is 11.1 Å². The van der Waals surface area contributed by atoms with E-state index >= 15 is 0 Å². The summed E-state index contributed by atoms with van der Waals surface area (Å²) in [6, 6.07) is 1.47. The summed E-state index contributed by atoms with van der Waals surface area (Å²) in [5, 5.41) is 17.0. The number of hydrogen-bond acceptors (Lipinski definition) is 4. The molecular formula is C8H14N4O. The first-order valence-corrected chi connectivity index (χ1v) is 4.30. The van der Waals surface area contributed by atoms with Crippen LogP contribution in [0.1, 0.15) is 11.7 Å². The summed E-state index contributed by atoms with van der Waals surface area (Å²) in [5.74, 6) is 0. The van der Waals surface area contributed by atoms with Crippen molar-refractivity contribution in [3.63, 3.8) is 0 Å². The summed E-state index contributed by atoms with van der Waals surface area (Å²) in [6.45, 7) is 1.11. The molecule has 0 spiro atoms. The van der Waals surface area contributed by atoms with Crippen LogP contribution in [0.5, 0.6) is 0 Å². The van der Waals surface area contributed by atoms with Gasteiger partial charge in [0.2, 0.25) is 0 Å². The lowest BCUT2D eigenvalue weighted by Gasteiger charge is -2.41. The van der Waals surface area contributed by atoms with E-state index in [1.165, 1.54) is 0 Å².